The van der Waals surface area contributed by atoms with Crippen LogP contribution in [0.2, 0.25) is 0 Å². The van der Waals surface area contributed by atoms with Crippen molar-refractivity contribution in [2.45, 2.75) is 55.3 Å². The van der Waals surface area contributed by atoms with E-state index in [4.69, 9.17) is 4.74 Å². The summed E-state index contributed by atoms with van der Waals surface area (Å²) in [6.07, 6.45) is -0.139. The first-order valence-electron chi connectivity index (χ1n) is 13.0. The largest absolute Gasteiger partial charge is 0.495 e. The summed E-state index contributed by atoms with van der Waals surface area (Å²) >= 11 is 1.28. The van der Waals surface area contributed by atoms with Gasteiger partial charge in [0.05, 0.1) is 45.9 Å². The number of ether oxygens (including phenoxy) is 1. The highest BCUT2D eigenvalue weighted by atomic mass is 32.2. The second-order valence-electron chi connectivity index (χ2n) is 10.3. The molecule has 0 radical (unpaired) electrons. The van der Waals surface area contributed by atoms with Gasteiger partial charge in [0.25, 0.3) is 0 Å². The smallest absolute Gasteiger partial charge is 0.393 e. The zero-order chi connectivity index (χ0) is 29.1. The highest BCUT2D eigenvalue weighted by Crippen LogP contribution is 2.40. The Hall–Kier alpha value is -2.94. The van der Waals surface area contributed by atoms with Crippen molar-refractivity contribution in [3.05, 3.63) is 46.8 Å². The molecule has 4 rings (SSSR count). The summed E-state index contributed by atoms with van der Waals surface area (Å²) in [4.78, 5) is 2.76. The van der Waals surface area contributed by atoms with Crippen molar-refractivity contribution < 1.29 is 26.3 Å². The number of methoxy groups -OCH3 is 1. The number of rotatable bonds is 8. The van der Waals surface area contributed by atoms with Gasteiger partial charge in [-0.05, 0) is 68.9 Å². The highest BCUT2D eigenvalue weighted by molar-refractivity contribution is 7.90. The Balaban J connectivity index is 1.57. The van der Waals surface area contributed by atoms with Gasteiger partial charge in [-0.25, -0.2) is 8.42 Å². The topological polar surface area (TPSA) is 70.7 Å². The van der Waals surface area contributed by atoms with Crippen LogP contribution in [0.5, 0.6) is 5.75 Å². The van der Waals surface area contributed by atoms with E-state index in [9.17, 15) is 21.6 Å². The molecular weight excluding hydrogens is 559 g/mol. The number of thiophene rings is 1. The van der Waals surface area contributed by atoms with Gasteiger partial charge in [-0.1, -0.05) is 24.0 Å². The van der Waals surface area contributed by atoms with Crippen LogP contribution in [-0.2, 0) is 16.3 Å². The summed E-state index contributed by atoms with van der Waals surface area (Å²) in [6.45, 7) is 0.133. The Labute approximate surface area is 237 Å². The molecule has 6 nitrogen and oxygen atoms in total. The van der Waals surface area contributed by atoms with Crippen molar-refractivity contribution in [2.24, 2.45) is 0 Å². The minimum atomic E-state index is -4.37. The maximum Gasteiger partial charge on any atom is 0.393 e. The number of fused-ring (bicyclic) bond motifs is 1. The van der Waals surface area contributed by atoms with Gasteiger partial charge in [-0.3, -0.25) is 0 Å². The third-order valence-corrected chi connectivity index (χ3v) is 9.46. The molecule has 40 heavy (non-hydrogen) atoms. The molecule has 1 fully saturated rings. The molecule has 0 saturated heterocycles. The predicted octanol–water partition coefficient (Wildman–Crippen LogP) is 6.17. The number of hydrogen-bond donors (Lipinski definition) is 2. The first-order chi connectivity index (χ1) is 18.9. The highest BCUT2D eigenvalue weighted by Gasteiger charge is 2.31. The zero-order valence-electron chi connectivity index (χ0n) is 23.0. The number of alkyl halides is 3. The quantitative estimate of drug-likeness (QED) is 0.305. The van der Waals surface area contributed by atoms with E-state index in [-0.39, 0.29) is 23.0 Å². The van der Waals surface area contributed by atoms with E-state index in [1.807, 2.05) is 6.07 Å². The number of nitrogens with one attached hydrogen (secondary N) is 2. The van der Waals surface area contributed by atoms with Crippen LogP contribution < -0.4 is 15.4 Å². The molecular formula is C29H34F3N3O3S2. The summed E-state index contributed by atoms with van der Waals surface area (Å²) < 4.78 is 70.5. The Morgan fingerprint density at radius 1 is 1.10 bits per heavy atom. The average Bonchev–Trinajstić information content (AvgIpc) is 3.23. The fourth-order valence-corrected chi connectivity index (χ4v) is 6.84. The van der Waals surface area contributed by atoms with E-state index in [0.717, 1.165) is 42.3 Å². The first-order valence-corrected chi connectivity index (χ1v) is 15.7. The molecule has 0 aliphatic heterocycles. The standard InChI is InChI=1S/C29H34F3N3O3S2/c1-35(2)20-12-10-19(11-13-20)34-25-8-5-7-22-23(18-29(30,31)32)27(39-28(22)25)9-6-16-33-24-15-14-21(40(4,36)37)17-26(24)38-3/h5,7-8,14-15,17,19-20,33-34H,10-13,16,18H2,1-4H3. The molecule has 1 aliphatic carbocycles. The van der Waals surface area contributed by atoms with E-state index < -0.39 is 22.4 Å². The van der Waals surface area contributed by atoms with Crippen LogP contribution in [0.4, 0.5) is 24.5 Å². The lowest BCUT2D eigenvalue weighted by atomic mass is 9.90. The summed E-state index contributed by atoms with van der Waals surface area (Å²) in [5.41, 5.74) is 1.57. The number of anilines is 2. The summed E-state index contributed by atoms with van der Waals surface area (Å²) in [6, 6.07) is 10.8. The van der Waals surface area contributed by atoms with Gasteiger partial charge >= 0.3 is 6.18 Å². The van der Waals surface area contributed by atoms with Crippen molar-refractivity contribution in [2.75, 3.05) is 44.6 Å². The molecule has 0 amide bonds. The second-order valence-corrected chi connectivity index (χ2v) is 13.3. The Morgan fingerprint density at radius 2 is 1.82 bits per heavy atom. The molecule has 2 N–H and O–H groups in total. The van der Waals surface area contributed by atoms with Crippen LogP contribution >= 0.6 is 11.3 Å². The SMILES string of the molecule is COc1cc(S(C)(=O)=O)ccc1NCC#Cc1sc2c(NC3CCC(N(C)C)CC3)cccc2c1CC(F)(F)F. The lowest BCUT2D eigenvalue weighted by Gasteiger charge is -2.33. The number of nitrogens with zero attached hydrogens (tertiary/aromatic N) is 1. The molecule has 1 saturated carbocycles. The minimum Gasteiger partial charge on any atom is -0.495 e. The van der Waals surface area contributed by atoms with Gasteiger partial charge in [0.2, 0.25) is 0 Å². The summed E-state index contributed by atoms with van der Waals surface area (Å²) in [5, 5.41) is 7.24. The Morgan fingerprint density at radius 3 is 2.45 bits per heavy atom. The molecule has 1 aromatic heterocycles. The van der Waals surface area contributed by atoms with E-state index >= 15 is 0 Å². The maximum absolute atomic E-state index is 13.6. The molecule has 1 heterocycles. The van der Waals surface area contributed by atoms with Crippen LogP contribution in [0.15, 0.2) is 41.3 Å². The van der Waals surface area contributed by atoms with E-state index in [0.29, 0.717) is 27.7 Å². The molecule has 0 bridgehead atoms. The number of benzene rings is 2. The fourth-order valence-electron chi connectivity index (χ4n) is 5.03. The van der Waals surface area contributed by atoms with Gasteiger partial charge in [-0.15, -0.1) is 11.3 Å². The van der Waals surface area contributed by atoms with E-state index in [1.165, 1.54) is 30.6 Å². The number of halogens is 3. The molecule has 11 heteroatoms. The van der Waals surface area contributed by atoms with Gasteiger partial charge in [-0.2, -0.15) is 13.2 Å². The Bertz CT molecular complexity index is 1510. The van der Waals surface area contributed by atoms with Crippen LogP contribution in [0, 0.1) is 11.8 Å². The lowest BCUT2D eigenvalue weighted by molar-refractivity contribution is -0.126. The van der Waals surface area contributed by atoms with Crippen LogP contribution in [0.1, 0.15) is 36.1 Å². The summed E-state index contributed by atoms with van der Waals surface area (Å²) in [5.74, 6) is 6.22. The normalized spacial score (nSPS) is 17.9. The lowest BCUT2D eigenvalue weighted by Crippen LogP contribution is -2.36. The van der Waals surface area contributed by atoms with Crippen LogP contribution in [0.25, 0.3) is 10.1 Å². The van der Waals surface area contributed by atoms with Gasteiger partial charge in [0.1, 0.15) is 5.75 Å². The monoisotopic (exact) mass is 593 g/mol. The third-order valence-electron chi connectivity index (χ3n) is 7.15. The van der Waals surface area contributed by atoms with Crippen molar-refractivity contribution in [3.63, 3.8) is 0 Å². The van der Waals surface area contributed by atoms with Gasteiger partial charge in [0, 0.05) is 24.4 Å². The van der Waals surface area contributed by atoms with Crippen LogP contribution in [-0.4, -0.2) is 65.6 Å². The van der Waals surface area contributed by atoms with E-state index in [2.05, 4.69) is 41.5 Å². The van der Waals surface area contributed by atoms with Crippen LogP contribution in [0.3, 0.4) is 0 Å². The first kappa shape index (κ1) is 30.0. The minimum absolute atomic E-state index is 0.123. The molecule has 2 aromatic carbocycles. The van der Waals surface area contributed by atoms with Gasteiger partial charge < -0.3 is 20.3 Å². The molecule has 3 aromatic rings. The zero-order valence-corrected chi connectivity index (χ0v) is 24.6. The van der Waals surface area contributed by atoms with Crippen molar-refractivity contribution in [3.8, 4) is 17.6 Å². The maximum atomic E-state index is 13.6. The number of sulfone groups is 1. The summed E-state index contributed by atoms with van der Waals surface area (Å²) in [7, 11) is 2.22. The molecule has 0 atom stereocenters. The molecule has 0 spiro atoms. The average molecular weight is 594 g/mol. The fraction of sp³-hybridized carbons (Fsp3) is 0.448. The third kappa shape index (κ3) is 7.42. The number of hydrogen-bond acceptors (Lipinski definition) is 7. The second kappa shape index (κ2) is 12.3. The predicted molar refractivity (Wildman–Crippen MR) is 156 cm³/mol. The van der Waals surface area contributed by atoms with Crippen molar-refractivity contribution in [1.82, 2.24) is 4.90 Å². The van der Waals surface area contributed by atoms with E-state index in [1.54, 1.807) is 18.2 Å². The Kier molecular flexibility index (Phi) is 9.22. The van der Waals surface area contributed by atoms with Crippen molar-refractivity contribution >= 4 is 42.6 Å². The molecule has 216 valence electrons. The molecule has 0 unspecified atom stereocenters. The molecule has 1 aliphatic rings. The van der Waals surface area contributed by atoms with Crippen molar-refractivity contribution in [1.29, 1.82) is 0 Å². The van der Waals surface area contributed by atoms with Gasteiger partial charge in [0.15, 0.2) is 9.84 Å².